The van der Waals surface area contributed by atoms with Gasteiger partial charge in [0.2, 0.25) is 0 Å². The van der Waals surface area contributed by atoms with E-state index >= 15 is 0 Å². The molecule has 0 aliphatic carbocycles. The summed E-state index contributed by atoms with van der Waals surface area (Å²) in [5.74, 6) is -0.0111. The number of hydrogen-bond donors (Lipinski definition) is 3. The molecule has 1 aromatic carbocycles. The Morgan fingerprint density at radius 2 is 2.25 bits per heavy atom. The van der Waals surface area contributed by atoms with E-state index in [1.54, 1.807) is 25.1 Å². The molecule has 124 valence electrons. The summed E-state index contributed by atoms with van der Waals surface area (Å²) in [5.41, 5.74) is 0.778. The number of aromatic amines is 2. The molecule has 9 nitrogen and oxygen atoms in total. The van der Waals surface area contributed by atoms with E-state index in [1.165, 1.54) is 12.1 Å². The van der Waals surface area contributed by atoms with E-state index in [9.17, 15) is 9.18 Å². The number of tetrazole rings is 1. The second-order valence-electron chi connectivity index (χ2n) is 4.99. The van der Waals surface area contributed by atoms with Crippen LogP contribution in [-0.4, -0.2) is 36.7 Å². The van der Waals surface area contributed by atoms with Crippen LogP contribution in [0.15, 0.2) is 30.3 Å². The minimum Gasteiger partial charge on any atom is -0.487 e. The smallest absolute Gasteiger partial charge is 0.272 e. The molecule has 3 rings (SSSR count). The summed E-state index contributed by atoms with van der Waals surface area (Å²) in [6.07, 6.45) is 0. The number of ether oxygens (including phenoxy) is 1. The van der Waals surface area contributed by atoms with Crippen LogP contribution in [0.1, 0.15) is 35.0 Å². The van der Waals surface area contributed by atoms with Gasteiger partial charge in [-0.1, -0.05) is 11.3 Å². The topological polar surface area (TPSA) is 121 Å². The van der Waals surface area contributed by atoms with Crippen LogP contribution in [0.3, 0.4) is 0 Å². The largest absolute Gasteiger partial charge is 0.487 e. The zero-order chi connectivity index (χ0) is 16.9. The van der Waals surface area contributed by atoms with Gasteiger partial charge in [0.15, 0.2) is 5.82 Å². The average Bonchev–Trinajstić information content (AvgIpc) is 3.25. The third-order valence-electron chi connectivity index (χ3n) is 3.15. The molecule has 0 fully saturated rings. The SMILES string of the molecule is C[C@@H](NC(=O)c1cc(COc2cccc(F)c2)[nH]n1)c1nn[nH]n1. The maximum Gasteiger partial charge on any atom is 0.272 e. The van der Waals surface area contributed by atoms with E-state index in [1.807, 2.05) is 0 Å². The van der Waals surface area contributed by atoms with Crippen molar-refractivity contribution in [1.29, 1.82) is 0 Å². The monoisotopic (exact) mass is 331 g/mol. The third kappa shape index (κ3) is 3.72. The molecule has 0 aliphatic heterocycles. The molecule has 1 amide bonds. The summed E-state index contributed by atoms with van der Waals surface area (Å²) in [6.45, 7) is 1.85. The summed E-state index contributed by atoms with van der Waals surface area (Å²) < 4.78 is 18.5. The second kappa shape index (κ2) is 6.86. The number of carbonyl (C=O) groups is 1. The molecule has 0 radical (unpaired) electrons. The molecule has 0 saturated carbocycles. The van der Waals surface area contributed by atoms with Crippen molar-refractivity contribution >= 4 is 5.91 Å². The Kier molecular flexibility index (Phi) is 4.45. The van der Waals surface area contributed by atoms with Crippen molar-refractivity contribution in [1.82, 2.24) is 36.1 Å². The Morgan fingerprint density at radius 3 is 3.00 bits per heavy atom. The van der Waals surface area contributed by atoms with Crippen LogP contribution in [0.25, 0.3) is 0 Å². The maximum atomic E-state index is 13.1. The molecule has 10 heteroatoms. The summed E-state index contributed by atoms with van der Waals surface area (Å²) in [7, 11) is 0. The van der Waals surface area contributed by atoms with Crippen molar-refractivity contribution in [3.8, 4) is 5.75 Å². The lowest BCUT2D eigenvalue weighted by Crippen LogP contribution is -2.27. The molecule has 2 heterocycles. The summed E-state index contributed by atoms with van der Waals surface area (Å²) in [5, 5.41) is 22.7. The van der Waals surface area contributed by atoms with Crippen LogP contribution >= 0.6 is 0 Å². The number of aromatic nitrogens is 6. The first-order chi connectivity index (χ1) is 11.6. The van der Waals surface area contributed by atoms with Gasteiger partial charge in [-0.05, 0) is 25.1 Å². The van der Waals surface area contributed by atoms with E-state index in [2.05, 4.69) is 36.1 Å². The van der Waals surface area contributed by atoms with Gasteiger partial charge in [-0.25, -0.2) is 4.39 Å². The van der Waals surface area contributed by atoms with Crippen LogP contribution in [-0.2, 0) is 6.61 Å². The Hall–Kier alpha value is -3.30. The molecule has 0 bridgehead atoms. The van der Waals surface area contributed by atoms with Crippen molar-refractivity contribution < 1.29 is 13.9 Å². The summed E-state index contributed by atoms with van der Waals surface area (Å²) in [6, 6.07) is 6.93. The van der Waals surface area contributed by atoms with Crippen LogP contribution < -0.4 is 10.1 Å². The van der Waals surface area contributed by atoms with Crippen LogP contribution in [0.2, 0.25) is 0 Å². The van der Waals surface area contributed by atoms with Gasteiger partial charge in [-0.2, -0.15) is 10.3 Å². The Bertz CT molecular complexity index is 818. The van der Waals surface area contributed by atoms with Crippen LogP contribution in [0, 0.1) is 5.82 Å². The van der Waals surface area contributed by atoms with Gasteiger partial charge >= 0.3 is 0 Å². The van der Waals surface area contributed by atoms with Crippen molar-refractivity contribution in [2.75, 3.05) is 0 Å². The van der Waals surface area contributed by atoms with Gasteiger partial charge in [-0.3, -0.25) is 9.89 Å². The van der Waals surface area contributed by atoms with Crippen molar-refractivity contribution in [2.45, 2.75) is 19.6 Å². The van der Waals surface area contributed by atoms with Gasteiger partial charge in [-0.15, -0.1) is 10.2 Å². The molecule has 1 atom stereocenters. The van der Waals surface area contributed by atoms with E-state index in [4.69, 9.17) is 4.74 Å². The highest BCUT2D eigenvalue weighted by Gasteiger charge is 2.17. The number of rotatable bonds is 6. The first-order valence-corrected chi connectivity index (χ1v) is 7.08. The highest BCUT2D eigenvalue weighted by Crippen LogP contribution is 2.14. The minimum atomic E-state index is -0.417. The Balaban J connectivity index is 1.57. The molecule has 0 aliphatic rings. The lowest BCUT2D eigenvalue weighted by Gasteiger charge is -2.07. The maximum absolute atomic E-state index is 13.1. The number of halogens is 1. The summed E-state index contributed by atoms with van der Waals surface area (Å²) >= 11 is 0. The van der Waals surface area contributed by atoms with Gasteiger partial charge in [0.1, 0.15) is 23.9 Å². The van der Waals surface area contributed by atoms with Crippen LogP contribution in [0.4, 0.5) is 4.39 Å². The standard InChI is InChI=1S/C14H14FN7O2/c1-8(13-19-21-22-20-13)16-14(23)12-6-10(17-18-12)7-24-11-4-2-3-9(15)5-11/h2-6,8H,7H2,1H3,(H,16,23)(H,17,18)(H,19,20,21,22)/t8-/m1/s1. The van der Waals surface area contributed by atoms with Gasteiger partial charge in [0, 0.05) is 6.07 Å². The Labute approximate surface area is 135 Å². The fourth-order valence-electron chi connectivity index (χ4n) is 1.96. The van der Waals surface area contributed by atoms with Crippen LogP contribution in [0.5, 0.6) is 5.75 Å². The molecular weight excluding hydrogens is 317 g/mol. The fraction of sp³-hybridized carbons (Fsp3) is 0.214. The van der Waals surface area contributed by atoms with Gasteiger partial charge < -0.3 is 10.1 Å². The van der Waals surface area contributed by atoms with Crippen molar-refractivity contribution in [2.24, 2.45) is 0 Å². The average molecular weight is 331 g/mol. The zero-order valence-electron chi connectivity index (χ0n) is 12.7. The minimum absolute atomic E-state index is 0.129. The first-order valence-electron chi connectivity index (χ1n) is 7.08. The second-order valence-corrected chi connectivity index (χ2v) is 4.99. The molecule has 0 unspecified atom stereocenters. The van der Waals surface area contributed by atoms with Crippen molar-refractivity contribution in [3.63, 3.8) is 0 Å². The molecule has 0 spiro atoms. The highest BCUT2D eigenvalue weighted by atomic mass is 19.1. The number of hydrogen-bond acceptors (Lipinski definition) is 6. The van der Waals surface area contributed by atoms with E-state index in [-0.39, 0.29) is 24.0 Å². The van der Waals surface area contributed by atoms with Crippen molar-refractivity contribution in [3.05, 3.63) is 53.4 Å². The number of amides is 1. The van der Waals surface area contributed by atoms with E-state index < -0.39 is 6.04 Å². The molecule has 24 heavy (non-hydrogen) atoms. The molecule has 0 saturated heterocycles. The number of nitrogens with zero attached hydrogens (tertiary/aromatic N) is 4. The lowest BCUT2D eigenvalue weighted by molar-refractivity contribution is 0.0933. The summed E-state index contributed by atoms with van der Waals surface area (Å²) in [4.78, 5) is 12.1. The van der Waals surface area contributed by atoms with Gasteiger partial charge in [0.25, 0.3) is 5.91 Å². The van der Waals surface area contributed by atoms with E-state index in [0.717, 1.165) is 0 Å². The predicted octanol–water partition coefficient (Wildman–Crippen LogP) is 1.13. The van der Waals surface area contributed by atoms with E-state index in [0.29, 0.717) is 17.3 Å². The Morgan fingerprint density at radius 1 is 1.38 bits per heavy atom. The quantitative estimate of drug-likeness (QED) is 0.622. The number of nitrogens with one attached hydrogen (secondary N) is 3. The zero-order valence-corrected chi connectivity index (χ0v) is 12.7. The third-order valence-corrected chi connectivity index (χ3v) is 3.15. The molecular formula is C14H14FN7O2. The molecule has 3 N–H and O–H groups in total. The predicted molar refractivity (Wildman–Crippen MR) is 79.4 cm³/mol. The fourth-order valence-corrected chi connectivity index (χ4v) is 1.96. The van der Waals surface area contributed by atoms with Gasteiger partial charge in [0.05, 0.1) is 11.7 Å². The lowest BCUT2D eigenvalue weighted by atomic mass is 10.3. The molecule has 3 aromatic rings. The number of benzene rings is 1. The first kappa shape index (κ1) is 15.6. The highest BCUT2D eigenvalue weighted by molar-refractivity contribution is 5.92. The number of H-pyrrole nitrogens is 2. The number of carbonyl (C=O) groups excluding carboxylic acids is 1. The molecule has 2 aromatic heterocycles. The normalized spacial score (nSPS) is 11.9.